The summed E-state index contributed by atoms with van der Waals surface area (Å²) in [6, 6.07) is 4.47. The minimum atomic E-state index is -0.488. The summed E-state index contributed by atoms with van der Waals surface area (Å²) < 4.78 is 13.0. The van der Waals surface area contributed by atoms with Crippen molar-refractivity contribution < 1.29 is 9.60 Å². The lowest BCUT2D eigenvalue weighted by Crippen LogP contribution is -1.96. The highest BCUT2D eigenvalue weighted by Crippen LogP contribution is 2.12. The number of benzene rings is 1. The Balaban J connectivity index is 3.18. The number of rotatable bonds is 1. The van der Waals surface area contributed by atoms with Crippen LogP contribution in [0, 0.1) is 12.7 Å². The third kappa shape index (κ3) is 1.74. The Kier molecular flexibility index (Phi) is 2.65. The number of halogens is 2. The molecule has 0 atom stereocenters. The van der Waals surface area contributed by atoms with Gasteiger partial charge in [-0.1, -0.05) is 22.8 Å². The Morgan fingerprint density at radius 1 is 1.58 bits per heavy atom. The van der Waals surface area contributed by atoms with Crippen LogP contribution in [0.2, 0.25) is 0 Å². The lowest BCUT2D eigenvalue weighted by Gasteiger charge is -1.99. The topological polar surface area (TPSA) is 32.6 Å². The summed E-state index contributed by atoms with van der Waals surface area (Å²) in [4.78, 5) is 0. The van der Waals surface area contributed by atoms with E-state index in [2.05, 4.69) is 5.16 Å². The summed E-state index contributed by atoms with van der Waals surface area (Å²) in [7, 11) is 0. The molecular formula is C8H7ClFNO. The lowest BCUT2D eigenvalue weighted by atomic mass is 10.1. The van der Waals surface area contributed by atoms with Gasteiger partial charge in [-0.05, 0) is 24.6 Å². The van der Waals surface area contributed by atoms with E-state index in [0.29, 0.717) is 0 Å². The Morgan fingerprint density at radius 2 is 2.25 bits per heavy atom. The minimum Gasteiger partial charge on any atom is -0.410 e. The lowest BCUT2D eigenvalue weighted by molar-refractivity contribution is 0.320. The van der Waals surface area contributed by atoms with Crippen molar-refractivity contribution in [1.82, 2.24) is 0 Å². The Labute approximate surface area is 74.3 Å². The van der Waals surface area contributed by atoms with Crippen molar-refractivity contribution in [3.63, 3.8) is 0 Å². The van der Waals surface area contributed by atoms with Crippen LogP contribution in [0.25, 0.3) is 0 Å². The van der Waals surface area contributed by atoms with Crippen molar-refractivity contribution in [3.05, 3.63) is 35.1 Å². The van der Waals surface area contributed by atoms with E-state index in [1.54, 1.807) is 13.0 Å². The molecule has 1 rings (SSSR count). The van der Waals surface area contributed by atoms with Gasteiger partial charge in [0.2, 0.25) is 0 Å². The van der Waals surface area contributed by atoms with Crippen molar-refractivity contribution in [2.24, 2.45) is 5.16 Å². The number of oxime groups is 1. The highest BCUT2D eigenvalue weighted by molar-refractivity contribution is 6.69. The van der Waals surface area contributed by atoms with E-state index >= 15 is 0 Å². The zero-order chi connectivity index (χ0) is 9.14. The summed E-state index contributed by atoms with van der Waals surface area (Å²) in [5.74, 6) is -0.488. The number of aryl methyl sites for hydroxylation is 1. The molecule has 0 fully saturated rings. The Bertz CT molecular complexity index is 325. The molecule has 4 heteroatoms. The maximum Gasteiger partial charge on any atom is 0.178 e. The van der Waals surface area contributed by atoms with Crippen LogP contribution in [-0.2, 0) is 0 Å². The van der Waals surface area contributed by atoms with Gasteiger partial charge in [0.15, 0.2) is 5.17 Å². The van der Waals surface area contributed by atoms with Crippen LogP contribution in [-0.4, -0.2) is 10.4 Å². The van der Waals surface area contributed by atoms with Crippen LogP contribution >= 0.6 is 11.6 Å². The molecule has 1 aromatic rings. The molecule has 0 unspecified atom stereocenters. The van der Waals surface area contributed by atoms with E-state index < -0.39 is 5.82 Å². The molecule has 0 saturated carbocycles. The van der Waals surface area contributed by atoms with Gasteiger partial charge in [-0.15, -0.1) is 0 Å². The summed E-state index contributed by atoms with van der Waals surface area (Å²) in [5.41, 5.74) is 0.892. The van der Waals surface area contributed by atoms with Gasteiger partial charge in [-0.3, -0.25) is 0 Å². The fourth-order valence-corrected chi connectivity index (χ4v) is 0.995. The largest absolute Gasteiger partial charge is 0.410 e. The van der Waals surface area contributed by atoms with Crippen molar-refractivity contribution in [3.8, 4) is 0 Å². The van der Waals surface area contributed by atoms with Gasteiger partial charge >= 0.3 is 0 Å². The van der Waals surface area contributed by atoms with Gasteiger partial charge in [0.05, 0.1) is 5.56 Å². The molecule has 0 amide bonds. The predicted molar refractivity (Wildman–Crippen MR) is 45.3 cm³/mol. The predicted octanol–water partition coefficient (Wildman–Crippen LogP) is 2.51. The molecule has 0 aliphatic heterocycles. The zero-order valence-electron chi connectivity index (χ0n) is 6.38. The summed E-state index contributed by atoms with van der Waals surface area (Å²) in [6.45, 7) is 1.76. The smallest absolute Gasteiger partial charge is 0.178 e. The van der Waals surface area contributed by atoms with Crippen LogP contribution in [0.4, 0.5) is 4.39 Å². The SMILES string of the molecule is Cc1ccc(/C(Cl)=N/O)c(F)c1. The molecule has 0 saturated heterocycles. The first kappa shape index (κ1) is 9.00. The Morgan fingerprint density at radius 3 is 2.75 bits per heavy atom. The second-order valence-corrected chi connectivity index (χ2v) is 2.73. The average Bonchev–Trinajstić information content (AvgIpc) is 2.03. The Hall–Kier alpha value is -1.09. The van der Waals surface area contributed by atoms with Crippen LogP contribution < -0.4 is 0 Å². The van der Waals surface area contributed by atoms with E-state index in [-0.39, 0.29) is 10.7 Å². The van der Waals surface area contributed by atoms with Gasteiger partial charge in [0, 0.05) is 0 Å². The molecule has 2 nitrogen and oxygen atoms in total. The van der Waals surface area contributed by atoms with Crippen LogP contribution in [0.15, 0.2) is 23.4 Å². The fraction of sp³-hybridized carbons (Fsp3) is 0.125. The molecule has 0 spiro atoms. The summed E-state index contributed by atoms with van der Waals surface area (Å²) >= 11 is 5.41. The maximum absolute atomic E-state index is 13.0. The molecule has 64 valence electrons. The molecule has 0 aliphatic rings. The molecule has 12 heavy (non-hydrogen) atoms. The van der Waals surface area contributed by atoms with E-state index in [1.165, 1.54) is 12.1 Å². The van der Waals surface area contributed by atoms with Crippen LogP contribution in [0.3, 0.4) is 0 Å². The molecule has 0 radical (unpaired) electrons. The number of hydrogen-bond donors (Lipinski definition) is 1. The first-order valence-corrected chi connectivity index (χ1v) is 3.67. The van der Waals surface area contributed by atoms with Crippen LogP contribution in [0.5, 0.6) is 0 Å². The molecule has 0 bridgehead atoms. The molecular weight excluding hydrogens is 181 g/mol. The van der Waals surface area contributed by atoms with Crippen molar-refractivity contribution in [2.75, 3.05) is 0 Å². The van der Waals surface area contributed by atoms with E-state index in [4.69, 9.17) is 16.8 Å². The maximum atomic E-state index is 13.0. The van der Waals surface area contributed by atoms with Gasteiger partial charge < -0.3 is 5.21 Å². The summed E-state index contributed by atoms with van der Waals surface area (Å²) in [6.07, 6.45) is 0. The zero-order valence-corrected chi connectivity index (χ0v) is 7.14. The fourth-order valence-electron chi connectivity index (χ4n) is 0.841. The molecule has 1 N–H and O–H groups in total. The third-order valence-electron chi connectivity index (χ3n) is 1.43. The minimum absolute atomic E-state index is 0.102. The van der Waals surface area contributed by atoms with Gasteiger partial charge in [-0.25, -0.2) is 4.39 Å². The second kappa shape index (κ2) is 3.54. The van der Waals surface area contributed by atoms with Crippen molar-refractivity contribution >= 4 is 16.8 Å². The van der Waals surface area contributed by atoms with E-state index in [0.717, 1.165) is 5.56 Å². The standard InChI is InChI=1S/C8H7ClFNO/c1-5-2-3-6(7(10)4-5)8(9)11-12/h2-4,12H,1H3/b11-8-. The monoisotopic (exact) mass is 187 g/mol. The second-order valence-electron chi connectivity index (χ2n) is 2.37. The number of hydrogen-bond acceptors (Lipinski definition) is 2. The average molecular weight is 188 g/mol. The number of nitrogens with zero attached hydrogens (tertiary/aromatic N) is 1. The van der Waals surface area contributed by atoms with Crippen LogP contribution in [0.1, 0.15) is 11.1 Å². The normalized spacial score (nSPS) is 11.8. The molecule has 1 aromatic carbocycles. The van der Waals surface area contributed by atoms with Gasteiger partial charge in [0.1, 0.15) is 5.82 Å². The molecule has 0 aliphatic carbocycles. The van der Waals surface area contributed by atoms with Crippen molar-refractivity contribution in [1.29, 1.82) is 0 Å². The first-order valence-electron chi connectivity index (χ1n) is 3.29. The quantitative estimate of drug-likeness (QED) is 0.409. The molecule has 0 heterocycles. The van der Waals surface area contributed by atoms with E-state index in [9.17, 15) is 4.39 Å². The van der Waals surface area contributed by atoms with Gasteiger partial charge in [0.25, 0.3) is 0 Å². The third-order valence-corrected chi connectivity index (χ3v) is 1.71. The highest BCUT2D eigenvalue weighted by Gasteiger charge is 2.06. The van der Waals surface area contributed by atoms with Gasteiger partial charge in [-0.2, -0.15) is 0 Å². The van der Waals surface area contributed by atoms with Crippen molar-refractivity contribution in [2.45, 2.75) is 6.92 Å². The summed E-state index contributed by atoms with van der Waals surface area (Å²) in [5, 5.41) is 10.7. The van der Waals surface area contributed by atoms with E-state index in [1.807, 2.05) is 0 Å². The molecule has 0 aromatic heterocycles. The highest BCUT2D eigenvalue weighted by atomic mass is 35.5. The first-order chi connectivity index (χ1) is 5.65.